The van der Waals surface area contributed by atoms with Crippen LogP contribution >= 0.6 is 0 Å². The maximum absolute atomic E-state index is 13.9. The number of rotatable bonds is 10. The molecule has 4 fully saturated rings. The predicted octanol–water partition coefficient (Wildman–Crippen LogP) is 4.45. The maximum atomic E-state index is 13.9. The van der Waals surface area contributed by atoms with Crippen LogP contribution in [0.1, 0.15) is 88.0 Å². The Morgan fingerprint density at radius 3 is 2.27 bits per heavy atom. The average molecular weight is 601 g/mol. The standard InChI is InChI=1S/C30H52O10Si/c1-17(2)41(33-10,18(3)4)40-25-22(15-20-16-35-30(8,9)39-20)38-26-23(31)24-21(37-27(25)26)12-11-19(36-24)13-14-34-28(32)29(5,6)7/h17-22,24-27H,11-16H2,1-10H3/t19-,20?,21+,22-,24+,25+,26+,27+/m1/s1. The molecular weight excluding hydrogens is 548 g/mol. The normalized spacial score (nSPS) is 35.6. The lowest BCUT2D eigenvalue weighted by molar-refractivity contribution is -0.212. The molecule has 41 heavy (non-hydrogen) atoms. The van der Waals surface area contributed by atoms with Crippen molar-refractivity contribution in [3.8, 4) is 0 Å². The van der Waals surface area contributed by atoms with E-state index in [4.69, 9.17) is 37.3 Å². The molecule has 4 aliphatic heterocycles. The van der Waals surface area contributed by atoms with Crippen molar-refractivity contribution < 1.29 is 46.9 Å². The fourth-order valence-corrected chi connectivity index (χ4v) is 10.2. The van der Waals surface area contributed by atoms with Crippen LogP contribution in [0, 0.1) is 5.41 Å². The average Bonchev–Trinajstić information content (AvgIpc) is 3.40. The summed E-state index contributed by atoms with van der Waals surface area (Å²) < 4.78 is 49.9. The highest BCUT2D eigenvalue weighted by Crippen LogP contribution is 2.44. The molecule has 0 aromatic heterocycles. The van der Waals surface area contributed by atoms with Crippen molar-refractivity contribution >= 4 is 20.3 Å². The second-order valence-electron chi connectivity index (χ2n) is 14.1. The van der Waals surface area contributed by atoms with Gasteiger partial charge >= 0.3 is 14.5 Å². The molecule has 8 atom stereocenters. The Bertz CT molecular complexity index is 923. The van der Waals surface area contributed by atoms with Gasteiger partial charge in [0.05, 0.1) is 43.0 Å². The predicted molar refractivity (Wildman–Crippen MR) is 153 cm³/mol. The Morgan fingerprint density at radius 1 is 1.02 bits per heavy atom. The van der Waals surface area contributed by atoms with E-state index in [1.54, 1.807) is 7.11 Å². The molecule has 0 bridgehead atoms. The summed E-state index contributed by atoms with van der Waals surface area (Å²) in [4.78, 5) is 26.0. The quantitative estimate of drug-likeness (QED) is 0.264. The molecule has 4 saturated heterocycles. The van der Waals surface area contributed by atoms with E-state index in [0.717, 1.165) is 0 Å². The first-order valence-corrected chi connectivity index (χ1v) is 17.3. The van der Waals surface area contributed by atoms with Crippen molar-refractivity contribution in [2.75, 3.05) is 20.3 Å². The van der Waals surface area contributed by atoms with Crippen LogP contribution in [0.5, 0.6) is 0 Å². The fourth-order valence-electron chi connectivity index (χ4n) is 6.58. The third-order valence-corrected chi connectivity index (χ3v) is 13.2. The molecule has 4 aliphatic rings. The zero-order valence-corrected chi connectivity index (χ0v) is 27.6. The minimum absolute atomic E-state index is 0.110. The van der Waals surface area contributed by atoms with Crippen LogP contribution in [-0.2, 0) is 46.9 Å². The van der Waals surface area contributed by atoms with Crippen LogP contribution in [0.3, 0.4) is 0 Å². The van der Waals surface area contributed by atoms with Crippen LogP contribution in [0.2, 0.25) is 11.1 Å². The van der Waals surface area contributed by atoms with Crippen LogP contribution in [0.15, 0.2) is 0 Å². The fraction of sp³-hybridized carbons (Fsp3) is 0.933. The summed E-state index contributed by atoms with van der Waals surface area (Å²) in [5.74, 6) is -1.03. The summed E-state index contributed by atoms with van der Waals surface area (Å²) in [6.45, 7) is 18.5. The summed E-state index contributed by atoms with van der Waals surface area (Å²) in [6.07, 6.45) is -1.34. The highest BCUT2D eigenvalue weighted by atomic mass is 28.4. The number of carbonyl (C=O) groups excluding carboxylic acids is 2. The lowest BCUT2D eigenvalue weighted by Gasteiger charge is -2.45. The number of esters is 1. The van der Waals surface area contributed by atoms with E-state index in [0.29, 0.717) is 32.3 Å². The van der Waals surface area contributed by atoms with Crippen molar-refractivity contribution in [3.63, 3.8) is 0 Å². The van der Waals surface area contributed by atoms with Gasteiger partial charge in [0.25, 0.3) is 0 Å². The Balaban J connectivity index is 1.49. The largest absolute Gasteiger partial charge is 0.465 e. The van der Waals surface area contributed by atoms with Gasteiger partial charge in [-0.25, -0.2) is 0 Å². The van der Waals surface area contributed by atoms with Crippen LogP contribution < -0.4 is 0 Å². The second kappa shape index (κ2) is 12.6. The van der Waals surface area contributed by atoms with Gasteiger partial charge in [-0.1, -0.05) is 27.7 Å². The molecule has 0 aromatic carbocycles. The molecule has 0 radical (unpaired) electrons. The summed E-state index contributed by atoms with van der Waals surface area (Å²) in [7, 11) is -0.998. The Morgan fingerprint density at radius 2 is 1.71 bits per heavy atom. The molecule has 4 rings (SSSR count). The van der Waals surface area contributed by atoms with Crippen molar-refractivity contribution in [3.05, 3.63) is 0 Å². The summed E-state index contributed by atoms with van der Waals surface area (Å²) in [5.41, 5.74) is -0.207. The molecular formula is C30H52O10Si. The zero-order chi connectivity index (χ0) is 30.3. The van der Waals surface area contributed by atoms with Gasteiger partial charge in [-0.3, -0.25) is 9.59 Å². The minimum atomic E-state index is -2.72. The van der Waals surface area contributed by atoms with E-state index in [9.17, 15) is 9.59 Å². The molecule has 0 spiro atoms. The number of ether oxygens (including phenoxy) is 6. The first kappa shape index (κ1) is 33.0. The van der Waals surface area contributed by atoms with Gasteiger partial charge in [0.1, 0.15) is 24.4 Å². The van der Waals surface area contributed by atoms with Crippen molar-refractivity contribution in [2.45, 2.75) is 154 Å². The van der Waals surface area contributed by atoms with E-state index in [2.05, 4.69) is 27.7 Å². The highest BCUT2D eigenvalue weighted by Gasteiger charge is 2.61. The van der Waals surface area contributed by atoms with Gasteiger partial charge in [-0.2, -0.15) is 0 Å². The van der Waals surface area contributed by atoms with E-state index in [-0.39, 0.29) is 47.8 Å². The Labute approximate surface area is 246 Å². The van der Waals surface area contributed by atoms with E-state index < -0.39 is 50.3 Å². The monoisotopic (exact) mass is 600 g/mol. The number of Topliss-reactive ketones (excluding diaryl/α,β-unsaturated/α-hetero) is 1. The summed E-state index contributed by atoms with van der Waals surface area (Å²) >= 11 is 0. The smallest absolute Gasteiger partial charge is 0.343 e. The molecule has 1 unspecified atom stereocenters. The topological polar surface area (TPSA) is 108 Å². The molecule has 0 N–H and O–H groups in total. The number of ketones is 1. The molecule has 10 nitrogen and oxygen atoms in total. The Kier molecular flexibility index (Phi) is 10.1. The highest BCUT2D eigenvalue weighted by molar-refractivity contribution is 6.70. The van der Waals surface area contributed by atoms with Gasteiger partial charge in [-0.15, -0.1) is 0 Å². The van der Waals surface area contributed by atoms with Crippen molar-refractivity contribution in [1.82, 2.24) is 0 Å². The Hall–Kier alpha value is -0.923. The van der Waals surface area contributed by atoms with E-state index >= 15 is 0 Å². The third-order valence-electron chi connectivity index (χ3n) is 8.75. The van der Waals surface area contributed by atoms with Crippen molar-refractivity contribution in [2.24, 2.45) is 5.41 Å². The number of hydrogen-bond donors (Lipinski definition) is 0. The number of hydrogen-bond acceptors (Lipinski definition) is 10. The molecule has 0 aliphatic carbocycles. The molecule has 236 valence electrons. The minimum Gasteiger partial charge on any atom is -0.465 e. The van der Waals surface area contributed by atoms with Gasteiger partial charge in [0.15, 0.2) is 11.6 Å². The summed E-state index contributed by atoms with van der Waals surface area (Å²) in [5, 5.41) is 0. The first-order chi connectivity index (χ1) is 19.1. The van der Waals surface area contributed by atoms with Gasteiger partial charge in [0, 0.05) is 20.0 Å². The molecule has 0 amide bonds. The second-order valence-corrected chi connectivity index (χ2v) is 18.5. The van der Waals surface area contributed by atoms with Gasteiger partial charge < -0.3 is 37.3 Å². The van der Waals surface area contributed by atoms with Crippen LogP contribution in [0.25, 0.3) is 0 Å². The first-order valence-electron chi connectivity index (χ1n) is 15.3. The van der Waals surface area contributed by atoms with E-state index in [1.807, 2.05) is 34.6 Å². The van der Waals surface area contributed by atoms with Crippen LogP contribution in [-0.4, -0.2) is 95.3 Å². The summed E-state index contributed by atoms with van der Waals surface area (Å²) in [6, 6.07) is 0. The van der Waals surface area contributed by atoms with E-state index in [1.165, 1.54) is 0 Å². The van der Waals surface area contributed by atoms with Crippen LogP contribution in [0.4, 0.5) is 0 Å². The zero-order valence-electron chi connectivity index (χ0n) is 26.6. The van der Waals surface area contributed by atoms with Gasteiger partial charge in [-0.05, 0) is 58.5 Å². The molecule has 0 aromatic rings. The molecule has 4 heterocycles. The lowest BCUT2D eigenvalue weighted by Crippen LogP contribution is -2.61. The number of fused-ring (bicyclic) bond motifs is 2. The lowest BCUT2D eigenvalue weighted by atomic mass is 9.89. The van der Waals surface area contributed by atoms with Crippen molar-refractivity contribution in [1.29, 1.82) is 0 Å². The SMILES string of the molecule is CO[Si](O[C@@H]1[C@@H]2O[C@H]3CC[C@H](CCOC(=O)C(C)(C)C)O[C@@H]3C(=O)[C@@H]2O[C@@H]1CC1COC(C)(C)O1)(C(C)C)C(C)C. The molecule has 11 heteroatoms. The maximum Gasteiger partial charge on any atom is 0.343 e. The third kappa shape index (κ3) is 7.08. The van der Waals surface area contributed by atoms with Gasteiger partial charge in [0.2, 0.25) is 0 Å². The number of carbonyl (C=O) groups is 2. The molecule has 0 saturated carbocycles.